The number of piperidine rings is 1. The smallest absolute Gasteiger partial charge is 0.416 e. The molecule has 34 heavy (non-hydrogen) atoms. The Morgan fingerprint density at radius 3 is 2.53 bits per heavy atom. The predicted molar refractivity (Wildman–Crippen MR) is 117 cm³/mol. The van der Waals surface area contributed by atoms with Crippen LogP contribution >= 0.6 is 0 Å². The second-order valence-corrected chi connectivity index (χ2v) is 8.42. The Balaban J connectivity index is 1.45. The van der Waals surface area contributed by atoms with Crippen molar-refractivity contribution in [3.05, 3.63) is 59.4 Å². The summed E-state index contributed by atoms with van der Waals surface area (Å²) >= 11 is 0. The van der Waals surface area contributed by atoms with Crippen molar-refractivity contribution < 1.29 is 31.9 Å². The highest BCUT2D eigenvalue weighted by Crippen LogP contribution is 2.34. The number of hydrogen-bond acceptors (Lipinski definition) is 4. The van der Waals surface area contributed by atoms with Gasteiger partial charge in [-0.1, -0.05) is 18.2 Å². The van der Waals surface area contributed by atoms with E-state index in [0.29, 0.717) is 30.6 Å². The number of benzene rings is 2. The Labute approximate surface area is 194 Å². The van der Waals surface area contributed by atoms with E-state index in [4.69, 9.17) is 4.74 Å². The fourth-order valence-corrected chi connectivity index (χ4v) is 4.29. The van der Waals surface area contributed by atoms with E-state index in [9.17, 15) is 27.2 Å². The average Bonchev–Trinajstić information content (AvgIpc) is 2.82. The lowest BCUT2D eigenvalue weighted by atomic mass is 10.1. The number of ether oxygens (including phenoxy) is 1. The van der Waals surface area contributed by atoms with E-state index in [0.717, 1.165) is 31.4 Å². The Bertz CT molecular complexity index is 1050. The number of fused-ring (bicyclic) bond motifs is 1. The third-order valence-electron chi connectivity index (χ3n) is 5.99. The third kappa shape index (κ3) is 5.43. The Morgan fingerprint density at radius 2 is 1.79 bits per heavy atom. The number of alkyl halides is 3. The zero-order chi connectivity index (χ0) is 24.3. The molecule has 2 amide bonds. The van der Waals surface area contributed by atoms with Gasteiger partial charge in [-0.15, -0.1) is 0 Å². The first-order chi connectivity index (χ1) is 16.2. The molecule has 2 aliphatic heterocycles. The Morgan fingerprint density at radius 1 is 1.06 bits per heavy atom. The minimum Gasteiger partial charge on any atom is -0.477 e. The predicted octanol–water partition coefficient (Wildman–Crippen LogP) is 3.74. The molecule has 0 radical (unpaired) electrons. The molecule has 2 aliphatic rings. The standard InChI is InChI=1S/C24H25F4N3O3/c25-17-9-8-16(18(12-17)24(26,27)28)13-29-22(32)15-31-14-21(23(33)30-10-4-1-5-11-30)34-20-7-3-2-6-19(20)31/h2-3,6-9,12,21H,1,4-5,10-11,13-15H2,(H,29,32). The van der Waals surface area contributed by atoms with Crippen LogP contribution in [0.3, 0.4) is 0 Å². The van der Waals surface area contributed by atoms with E-state index in [1.54, 1.807) is 34.1 Å². The SMILES string of the molecule is O=C(CN1CC(C(=O)N2CCCCC2)Oc2ccccc21)NCc1ccc(F)cc1C(F)(F)F. The number of anilines is 1. The molecule has 1 unspecified atom stereocenters. The Hall–Kier alpha value is -3.30. The molecule has 0 bridgehead atoms. The van der Waals surface area contributed by atoms with Gasteiger partial charge in [-0.3, -0.25) is 9.59 Å². The van der Waals surface area contributed by atoms with E-state index >= 15 is 0 Å². The van der Waals surface area contributed by atoms with Gasteiger partial charge in [0.25, 0.3) is 5.91 Å². The van der Waals surface area contributed by atoms with Gasteiger partial charge in [-0.2, -0.15) is 13.2 Å². The van der Waals surface area contributed by atoms with Gasteiger partial charge in [0, 0.05) is 19.6 Å². The van der Waals surface area contributed by atoms with Gasteiger partial charge in [0.2, 0.25) is 5.91 Å². The summed E-state index contributed by atoms with van der Waals surface area (Å²) in [6, 6.07) is 9.35. The Kier molecular flexibility index (Phi) is 6.95. The van der Waals surface area contributed by atoms with E-state index < -0.39 is 36.1 Å². The summed E-state index contributed by atoms with van der Waals surface area (Å²) in [5.41, 5.74) is -0.738. The molecular weight excluding hydrogens is 454 g/mol. The molecule has 2 aromatic carbocycles. The quantitative estimate of drug-likeness (QED) is 0.664. The fourth-order valence-electron chi connectivity index (χ4n) is 4.29. The van der Waals surface area contributed by atoms with Crippen LogP contribution in [-0.4, -0.2) is 49.0 Å². The first-order valence-corrected chi connectivity index (χ1v) is 11.1. The maximum atomic E-state index is 13.3. The lowest BCUT2D eigenvalue weighted by Gasteiger charge is -2.38. The van der Waals surface area contributed by atoms with Gasteiger partial charge >= 0.3 is 6.18 Å². The van der Waals surface area contributed by atoms with E-state index in [-0.39, 0.29) is 24.6 Å². The number of likely N-dealkylation sites (tertiary alicyclic amines) is 1. The van der Waals surface area contributed by atoms with Crippen molar-refractivity contribution in [2.45, 2.75) is 38.1 Å². The van der Waals surface area contributed by atoms with Crippen molar-refractivity contribution in [2.24, 2.45) is 0 Å². The van der Waals surface area contributed by atoms with Crippen molar-refractivity contribution >= 4 is 17.5 Å². The number of halogens is 4. The summed E-state index contributed by atoms with van der Waals surface area (Å²) in [7, 11) is 0. The molecule has 1 N–H and O–H groups in total. The van der Waals surface area contributed by atoms with Crippen molar-refractivity contribution in [3.8, 4) is 5.75 Å². The number of para-hydroxylation sites is 2. The molecule has 1 saturated heterocycles. The normalized spacial score (nSPS) is 18.2. The first kappa shape index (κ1) is 23.8. The number of amides is 2. The largest absolute Gasteiger partial charge is 0.477 e. The highest BCUT2D eigenvalue weighted by molar-refractivity contribution is 5.86. The molecule has 10 heteroatoms. The molecular formula is C24H25F4N3O3. The topological polar surface area (TPSA) is 61.9 Å². The van der Waals surface area contributed by atoms with Gasteiger partial charge in [0.1, 0.15) is 11.6 Å². The molecule has 1 atom stereocenters. The van der Waals surface area contributed by atoms with E-state index in [2.05, 4.69) is 5.32 Å². The number of rotatable bonds is 5. The van der Waals surface area contributed by atoms with Crippen LogP contribution in [0.2, 0.25) is 0 Å². The van der Waals surface area contributed by atoms with Gasteiger partial charge in [0.05, 0.1) is 24.3 Å². The molecule has 1 fully saturated rings. The van der Waals surface area contributed by atoms with Crippen LogP contribution in [0.1, 0.15) is 30.4 Å². The van der Waals surface area contributed by atoms with Crippen LogP contribution in [0.15, 0.2) is 42.5 Å². The summed E-state index contributed by atoms with van der Waals surface area (Å²) in [5, 5.41) is 2.48. The van der Waals surface area contributed by atoms with Crippen molar-refractivity contribution in [1.29, 1.82) is 0 Å². The van der Waals surface area contributed by atoms with Crippen molar-refractivity contribution in [1.82, 2.24) is 10.2 Å². The van der Waals surface area contributed by atoms with Crippen LogP contribution in [-0.2, 0) is 22.3 Å². The summed E-state index contributed by atoms with van der Waals surface area (Å²) < 4.78 is 58.9. The summed E-state index contributed by atoms with van der Waals surface area (Å²) in [4.78, 5) is 29.1. The number of carbonyl (C=O) groups is 2. The van der Waals surface area contributed by atoms with Gasteiger partial charge in [-0.05, 0) is 49.1 Å². The highest BCUT2D eigenvalue weighted by atomic mass is 19.4. The maximum absolute atomic E-state index is 13.3. The highest BCUT2D eigenvalue weighted by Gasteiger charge is 2.35. The lowest BCUT2D eigenvalue weighted by molar-refractivity contribution is -0.139. The molecule has 2 aromatic rings. The number of carbonyl (C=O) groups excluding carboxylic acids is 2. The van der Waals surface area contributed by atoms with Crippen LogP contribution in [0, 0.1) is 5.82 Å². The number of hydrogen-bond donors (Lipinski definition) is 1. The molecule has 6 nitrogen and oxygen atoms in total. The molecule has 0 aromatic heterocycles. The average molecular weight is 479 g/mol. The van der Waals surface area contributed by atoms with Crippen molar-refractivity contribution in [2.75, 3.05) is 31.1 Å². The molecule has 182 valence electrons. The second-order valence-electron chi connectivity index (χ2n) is 8.42. The molecule has 2 heterocycles. The first-order valence-electron chi connectivity index (χ1n) is 11.1. The van der Waals surface area contributed by atoms with Gasteiger partial charge in [-0.25, -0.2) is 4.39 Å². The van der Waals surface area contributed by atoms with Crippen LogP contribution < -0.4 is 15.0 Å². The summed E-state index contributed by atoms with van der Waals surface area (Å²) in [5.74, 6) is -1.20. The fraction of sp³-hybridized carbons (Fsp3) is 0.417. The second kappa shape index (κ2) is 9.90. The maximum Gasteiger partial charge on any atom is 0.416 e. The van der Waals surface area contributed by atoms with Gasteiger partial charge in [0.15, 0.2) is 6.10 Å². The molecule has 0 aliphatic carbocycles. The monoisotopic (exact) mass is 479 g/mol. The van der Waals surface area contributed by atoms with E-state index in [1.807, 2.05) is 0 Å². The zero-order valence-corrected chi connectivity index (χ0v) is 18.4. The van der Waals surface area contributed by atoms with E-state index in [1.165, 1.54) is 0 Å². The van der Waals surface area contributed by atoms with Gasteiger partial charge < -0.3 is 19.9 Å². The van der Waals surface area contributed by atoms with Crippen LogP contribution in [0.4, 0.5) is 23.2 Å². The van der Waals surface area contributed by atoms with Crippen molar-refractivity contribution in [3.63, 3.8) is 0 Å². The van der Waals surface area contributed by atoms with Crippen LogP contribution in [0.5, 0.6) is 5.75 Å². The summed E-state index contributed by atoms with van der Waals surface area (Å²) in [6.45, 7) is 0.896. The van der Waals surface area contributed by atoms with Crippen LogP contribution in [0.25, 0.3) is 0 Å². The minimum absolute atomic E-state index is 0.138. The zero-order valence-electron chi connectivity index (χ0n) is 18.4. The number of nitrogens with zero attached hydrogens (tertiary/aromatic N) is 2. The summed E-state index contributed by atoms with van der Waals surface area (Å²) in [6.07, 6.45) is -2.58. The lowest BCUT2D eigenvalue weighted by Crippen LogP contribution is -2.53. The molecule has 0 spiro atoms. The molecule has 4 rings (SSSR count). The molecule has 0 saturated carbocycles. The third-order valence-corrected chi connectivity index (χ3v) is 5.99. The number of nitrogens with one attached hydrogen (secondary N) is 1. The minimum atomic E-state index is -4.74.